The fourth-order valence-electron chi connectivity index (χ4n) is 1.24. The largest absolute Gasteiger partial charge is 0.425 e. The molecule has 66 valence electrons. The number of aromatic nitrogens is 1. The van der Waals surface area contributed by atoms with E-state index in [1.807, 2.05) is 28.8 Å². The van der Waals surface area contributed by atoms with Crippen molar-refractivity contribution in [1.82, 2.24) is 4.40 Å². The summed E-state index contributed by atoms with van der Waals surface area (Å²) in [5, 5.41) is 0. The lowest BCUT2D eigenvalue weighted by Crippen LogP contribution is -2.01. The monoisotopic (exact) mass is 175 g/mol. The molecule has 0 N–H and O–H groups in total. The summed E-state index contributed by atoms with van der Waals surface area (Å²) in [6.45, 7) is 1.39. The van der Waals surface area contributed by atoms with Gasteiger partial charge in [-0.2, -0.15) is 0 Å². The standard InChI is InChI=1S/C10H9NO2/c1-8(12)13-10-5-4-9-3-2-6-11(9)7-10/h2-7H,1H3. The molecule has 2 heterocycles. The van der Waals surface area contributed by atoms with E-state index in [0.29, 0.717) is 5.75 Å². The number of rotatable bonds is 1. The Balaban J connectivity index is 2.42. The molecule has 0 amide bonds. The molecule has 0 bridgehead atoms. The van der Waals surface area contributed by atoms with Gasteiger partial charge >= 0.3 is 5.97 Å². The first kappa shape index (κ1) is 7.86. The Hall–Kier alpha value is -1.77. The Kier molecular flexibility index (Phi) is 1.77. The van der Waals surface area contributed by atoms with Crippen LogP contribution in [0.25, 0.3) is 5.52 Å². The van der Waals surface area contributed by atoms with Crippen LogP contribution in [0.2, 0.25) is 0 Å². The second-order valence-electron chi connectivity index (χ2n) is 2.80. The molecule has 2 aromatic rings. The molecule has 2 rings (SSSR count). The van der Waals surface area contributed by atoms with Crippen LogP contribution in [0.3, 0.4) is 0 Å². The van der Waals surface area contributed by atoms with E-state index in [1.165, 1.54) is 6.92 Å². The van der Waals surface area contributed by atoms with E-state index in [4.69, 9.17) is 4.74 Å². The van der Waals surface area contributed by atoms with Crippen LogP contribution in [0, 0.1) is 0 Å². The molecule has 0 aliphatic rings. The highest BCUT2D eigenvalue weighted by atomic mass is 16.5. The Labute approximate surface area is 75.6 Å². The maximum atomic E-state index is 10.7. The van der Waals surface area contributed by atoms with Crippen molar-refractivity contribution in [3.8, 4) is 5.75 Å². The molecule has 0 saturated carbocycles. The molecule has 13 heavy (non-hydrogen) atoms. The summed E-state index contributed by atoms with van der Waals surface area (Å²) in [5.74, 6) is 0.266. The summed E-state index contributed by atoms with van der Waals surface area (Å²) < 4.78 is 6.83. The molecule has 0 aliphatic carbocycles. The first-order chi connectivity index (χ1) is 6.25. The average molecular weight is 175 g/mol. The number of esters is 1. The highest BCUT2D eigenvalue weighted by Gasteiger charge is 1.98. The summed E-state index contributed by atoms with van der Waals surface area (Å²) >= 11 is 0. The van der Waals surface area contributed by atoms with Crippen LogP contribution in [-0.4, -0.2) is 10.4 Å². The maximum absolute atomic E-state index is 10.7. The van der Waals surface area contributed by atoms with E-state index < -0.39 is 0 Å². The molecule has 0 atom stereocenters. The van der Waals surface area contributed by atoms with Crippen molar-refractivity contribution >= 4 is 11.5 Å². The highest BCUT2D eigenvalue weighted by molar-refractivity contribution is 5.69. The number of carbonyl (C=O) groups excluding carboxylic acids is 1. The molecule has 3 heteroatoms. The number of pyridine rings is 1. The van der Waals surface area contributed by atoms with Crippen LogP contribution in [0.5, 0.6) is 5.75 Å². The van der Waals surface area contributed by atoms with Gasteiger partial charge in [0.1, 0.15) is 5.75 Å². The third kappa shape index (κ3) is 1.54. The molecule has 0 fully saturated rings. The fourth-order valence-corrected chi connectivity index (χ4v) is 1.24. The summed E-state index contributed by atoms with van der Waals surface area (Å²) in [5.41, 5.74) is 1.08. The van der Waals surface area contributed by atoms with Crippen LogP contribution < -0.4 is 4.74 Å². The lowest BCUT2D eigenvalue weighted by molar-refractivity contribution is -0.131. The minimum absolute atomic E-state index is 0.300. The van der Waals surface area contributed by atoms with Gasteiger partial charge in [-0.1, -0.05) is 0 Å². The number of carbonyl (C=O) groups is 1. The molecule has 2 aromatic heterocycles. The van der Waals surface area contributed by atoms with Gasteiger partial charge in [-0.05, 0) is 24.3 Å². The predicted octanol–water partition coefficient (Wildman–Crippen LogP) is 1.86. The van der Waals surface area contributed by atoms with E-state index in [9.17, 15) is 4.79 Å². The highest BCUT2D eigenvalue weighted by Crippen LogP contribution is 2.13. The van der Waals surface area contributed by atoms with Crippen molar-refractivity contribution in [2.24, 2.45) is 0 Å². The fraction of sp³-hybridized carbons (Fsp3) is 0.100. The maximum Gasteiger partial charge on any atom is 0.308 e. The third-order valence-corrected chi connectivity index (χ3v) is 1.76. The van der Waals surface area contributed by atoms with Gasteiger partial charge in [0.05, 0.1) is 6.20 Å². The van der Waals surface area contributed by atoms with E-state index >= 15 is 0 Å². The smallest absolute Gasteiger partial charge is 0.308 e. The Morgan fingerprint density at radius 1 is 1.38 bits per heavy atom. The zero-order valence-electron chi connectivity index (χ0n) is 7.23. The molecular formula is C10H9NO2. The third-order valence-electron chi connectivity index (χ3n) is 1.76. The van der Waals surface area contributed by atoms with Gasteiger partial charge in [-0.25, -0.2) is 0 Å². The lowest BCUT2D eigenvalue weighted by atomic mass is 10.4. The van der Waals surface area contributed by atoms with E-state index in [-0.39, 0.29) is 5.97 Å². The van der Waals surface area contributed by atoms with Gasteiger partial charge in [-0.3, -0.25) is 4.79 Å². The van der Waals surface area contributed by atoms with Crippen LogP contribution >= 0.6 is 0 Å². The van der Waals surface area contributed by atoms with Crippen LogP contribution in [0.4, 0.5) is 0 Å². The molecule has 0 unspecified atom stereocenters. The molecule has 0 aromatic carbocycles. The second kappa shape index (κ2) is 2.94. The zero-order chi connectivity index (χ0) is 9.26. The molecule has 0 saturated heterocycles. The predicted molar refractivity (Wildman–Crippen MR) is 48.7 cm³/mol. The molecule has 0 aliphatic heterocycles. The number of fused-ring (bicyclic) bond motifs is 1. The number of hydrogen-bond acceptors (Lipinski definition) is 2. The zero-order valence-corrected chi connectivity index (χ0v) is 7.23. The van der Waals surface area contributed by atoms with Gasteiger partial charge < -0.3 is 9.14 Å². The van der Waals surface area contributed by atoms with Gasteiger partial charge in [0, 0.05) is 18.6 Å². The molecule has 0 radical (unpaired) electrons. The quantitative estimate of drug-likeness (QED) is 0.619. The number of ether oxygens (including phenoxy) is 1. The number of nitrogens with zero attached hydrogens (tertiary/aromatic N) is 1. The van der Waals surface area contributed by atoms with Crippen molar-refractivity contribution in [3.05, 3.63) is 36.7 Å². The van der Waals surface area contributed by atoms with Crippen molar-refractivity contribution in [3.63, 3.8) is 0 Å². The first-order valence-corrected chi connectivity index (χ1v) is 4.01. The van der Waals surface area contributed by atoms with Crippen LogP contribution in [0.1, 0.15) is 6.92 Å². The van der Waals surface area contributed by atoms with E-state index in [1.54, 1.807) is 12.3 Å². The summed E-state index contributed by atoms with van der Waals surface area (Å²) in [6, 6.07) is 7.60. The summed E-state index contributed by atoms with van der Waals surface area (Å²) in [7, 11) is 0. The Bertz CT molecular complexity index is 445. The van der Waals surface area contributed by atoms with E-state index in [0.717, 1.165) is 5.52 Å². The number of hydrogen-bond donors (Lipinski definition) is 0. The Morgan fingerprint density at radius 3 is 3.00 bits per heavy atom. The van der Waals surface area contributed by atoms with Crippen LogP contribution in [0.15, 0.2) is 36.7 Å². The topological polar surface area (TPSA) is 30.7 Å². The van der Waals surface area contributed by atoms with Crippen molar-refractivity contribution in [2.75, 3.05) is 0 Å². The van der Waals surface area contributed by atoms with Gasteiger partial charge in [0.15, 0.2) is 0 Å². The molecule has 0 spiro atoms. The minimum Gasteiger partial charge on any atom is -0.425 e. The van der Waals surface area contributed by atoms with Crippen LogP contribution in [-0.2, 0) is 4.79 Å². The van der Waals surface area contributed by atoms with E-state index in [2.05, 4.69) is 0 Å². The Morgan fingerprint density at radius 2 is 2.23 bits per heavy atom. The summed E-state index contributed by atoms with van der Waals surface area (Å²) in [4.78, 5) is 10.7. The summed E-state index contributed by atoms with van der Waals surface area (Å²) in [6.07, 6.45) is 3.68. The molecular weight excluding hydrogens is 166 g/mol. The van der Waals surface area contributed by atoms with Gasteiger partial charge in [0.25, 0.3) is 0 Å². The van der Waals surface area contributed by atoms with Crippen molar-refractivity contribution in [1.29, 1.82) is 0 Å². The molecule has 3 nitrogen and oxygen atoms in total. The normalized spacial score (nSPS) is 10.2. The first-order valence-electron chi connectivity index (χ1n) is 4.01. The minimum atomic E-state index is -0.300. The lowest BCUT2D eigenvalue weighted by Gasteiger charge is -2.01. The van der Waals surface area contributed by atoms with Gasteiger partial charge in [0.2, 0.25) is 0 Å². The van der Waals surface area contributed by atoms with Crippen molar-refractivity contribution < 1.29 is 9.53 Å². The van der Waals surface area contributed by atoms with Gasteiger partial charge in [-0.15, -0.1) is 0 Å². The SMILES string of the molecule is CC(=O)Oc1ccc2cccn2c1. The van der Waals surface area contributed by atoms with Crippen molar-refractivity contribution in [2.45, 2.75) is 6.92 Å². The average Bonchev–Trinajstić information content (AvgIpc) is 2.49. The second-order valence-corrected chi connectivity index (χ2v) is 2.80.